The normalized spacial score (nSPS) is 10.9. The van der Waals surface area contributed by atoms with E-state index < -0.39 is 0 Å². The van der Waals surface area contributed by atoms with Crippen molar-refractivity contribution in [1.29, 1.82) is 0 Å². The van der Waals surface area contributed by atoms with Gasteiger partial charge >= 0.3 is 0 Å². The van der Waals surface area contributed by atoms with Gasteiger partial charge in [0, 0.05) is 10.9 Å². The fraction of sp³-hybridized carbons (Fsp3) is 0.296. The molecule has 0 aliphatic heterocycles. The maximum Gasteiger partial charge on any atom is 0.240 e. The number of fused-ring (bicyclic) bond motifs is 1. The maximum atomic E-state index is 5.52. The lowest BCUT2D eigenvalue weighted by Crippen LogP contribution is -1.96. The zero-order valence-corrected chi connectivity index (χ0v) is 20.2. The highest BCUT2D eigenvalue weighted by Gasteiger charge is 2.11. The second kappa shape index (κ2) is 12.1. The Kier molecular flexibility index (Phi) is 8.93. The molecule has 0 saturated heterocycles. The highest BCUT2D eigenvalue weighted by molar-refractivity contribution is 7.09. The predicted octanol–water partition coefficient (Wildman–Crippen LogP) is 7.39. The number of benzene rings is 2. The van der Waals surface area contributed by atoms with Crippen molar-refractivity contribution in [1.82, 2.24) is 15.0 Å². The zero-order valence-electron chi connectivity index (χ0n) is 19.3. The second-order valence-corrected chi connectivity index (χ2v) is 8.02. The molecule has 0 N–H and O–H groups in total. The lowest BCUT2D eigenvalue weighted by Gasteiger charge is -2.09. The molecule has 32 heavy (non-hydrogen) atoms. The van der Waals surface area contributed by atoms with Gasteiger partial charge in [-0.2, -0.15) is 0 Å². The molecular weight excluding hydrogens is 414 g/mol. The number of rotatable bonds is 8. The van der Waals surface area contributed by atoms with E-state index in [2.05, 4.69) is 46.6 Å². The van der Waals surface area contributed by atoms with Crippen molar-refractivity contribution < 1.29 is 4.74 Å². The Labute approximate surface area is 195 Å². The molecule has 0 bridgehead atoms. The third-order valence-corrected chi connectivity index (χ3v) is 5.95. The van der Waals surface area contributed by atoms with Crippen molar-refractivity contribution in [3.8, 4) is 17.1 Å². The number of thiazole rings is 1. The Hall–Kier alpha value is -3.05. The average molecular weight is 446 g/mol. The monoisotopic (exact) mass is 445 g/mol. The van der Waals surface area contributed by atoms with Gasteiger partial charge < -0.3 is 4.74 Å². The van der Waals surface area contributed by atoms with Gasteiger partial charge in [-0.25, -0.2) is 15.0 Å². The molecule has 4 rings (SSSR count). The number of allylic oxidation sites excluding steroid dienone is 1. The van der Waals surface area contributed by atoms with Crippen LogP contribution in [0.25, 0.3) is 28.4 Å². The van der Waals surface area contributed by atoms with Crippen LogP contribution in [0.1, 0.15) is 49.9 Å². The molecule has 2 heterocycles. The van der Waals surface area contributed by atoms with Crippen LogP contribution >= 0.6 is 11.3 Å². The minimum Gasteiger partial charge on any atom is -0.479 e. The Morgan fingerprint density at radius 3 is 2.47 bits per heavy atom. The standard InChI is InChI=1S/C25H25N3OS.C2H6/c1-3-23-26-20(17-30-23)13-6-4-5-10-18-11-9-12-19(16-18)24-25(29-2)28-22-15-8-7-14-21(22)27-24;1-2/h5,7-12,14-17H,3-4,6,13H2,1-2H3;1-2H3/b10-5+;. The minimum absolute atomic E-state index is 0.546. The first-order valence-corrected chi connectivity index (χ1v) is 12.2. The number of aryl methyl sites for hydroxylation is 2. The molecule has 2 aromatic carbocycles. The van der Waals surface area contributed by atoms with Crippen LogP contribution in [0.3, 0.4) is 0 Å². The third kappa shape index (κ3) is 6.01. The fourth-order valence-electron chi connectivity index (χ4n) is 3.35. The van der Waals surface area contributed by atoms with E-state index in [0.29, 0.717) is 5.88 Å². The van der Waals surface area contributed by atoms with E-state index >= 15 is 0 Å². The molecule has 2 aromatic heterocycles. The summed E-state index contributed by atoms with van der Waals surface area (Å²) in [5.41, 5.74) is 5.83. The molecule has 0 fully saturated rings. The first-order valence-electron chi connectivity index (χ1n) is 11.3. The Morgan fingerprint density at radius 1 is 0.969 bits per heavy atom. The summed E-state index contributed by atoms with van der Waals surface area (Å²) in [6.45, 7) is 6.15. The van der Waals surface area contributed by atoms with Crippen molar-refractivity contribution in [3.63, 3.8) is 0 Å². The molecule has 4 nitrogen and oxygen atoms in total. The van der Waals surface area contributed by atoms with Gasteiger partial charge in [0.05, 0.1) is 28.8 Å². The summed E-state index contributed by atoms with van der Waals surface area (Å²) in [4.78, 5) is 14.0. The Bertz CT molecular complexity index is 1170. The lowest BCUT2D eigenvalue weighted by molar-refractivity contribution is 0.400. The van der Waals surface area contributed by atoms with E-state index in [-0.39, 0.29) is 0 Å². The number of methoxy groups -OCH3 is 1. The quantitative estimate of drug-likeness (QED) is 0.265. The van der Waals surface area contributed by atoms with Crippen LogP contribution in [0.15, 0.2) is 60.0 Å². The molecule has 166 valence electrons. The summed E-state index contributed by atoms with van der Waals surface area (Å²) in [5.74, 6) is 0.546. The highest BCUT2D eigenvalue weighted by atomic mass is 32.1. The highest BCUT2D eigenvalue weighted by Crippen LogP contribution is 2.29. The van der Waals surface area contributed by atoms with Crippen LogP contribution in [0.5, 0.6) is 5.88 Å². The van der Waals surface area contributed by atoms with Crippen LogP contribution in [0, 0.1) is 0 Å². The van der Waals surface area contributed by atoms with E-state index in [4.69, 9.17) is 9.72 Å². The van der Waals surface area contributed by atoms with Gasteiger partial charge in [0.25, 0.3) is 0 Å². The van der Waals surface area contributed by atoms with Gasteiger partial charge in [0.2, 0.25) is 5.88 Å². The number of hydrogen-bond donors (Lipinski definition) is 0. The Morgan fingerprint density at radius 2 is 1.75 bits per heavy atom. The van der Waals surface area contributed by atoms with Gasteiger partial charge in [0.15, 0.2) is 0 Å². The summed E-state index contributed by atoms with van der Waals surface area (Å²) in [7, 11) is 1.64. The fourth-order valence-corrected chi connectivity index (χ4v) is 4.13. The van der Waals surface area contributed by atoms with E-state index in [1.54, 1.807) is 18.4 Å². The lowest BCUT2D eigenvalue weighted by atomic mass is 10.1. The van der Waals surface area contributed by atoms with Gasteiger partial charge in [0.1, 0.15) is 5.69 Å². The zero-order chi connectivity index (χ0) is 22.8. The molecule has 0 saturated carbocycles. The Balaban J connectivity index is 0.00000141. The van der Waals surface area contributed by atoms with Gasteiger partial charge in [-0.1, -0.05) is 63.3 Å². The first kappa shape index (κ1) is 23.6. The molecule has 0 atom stereocenters. The topological polar surface area (TPSA) is 47.9 Å². The number of unbranched alkanes of at least 4 members (excludes halogenated alkanes) is 1. The van der Waals surface area contributed by atoms with E-state index in [1.807, 2.05) is 50.2 Å². The van der Waals surface area contributed by atoms with Crippen LogP contribution in [-0.2, 0) is 12.8 Å². The van der Waals surface area contributed by atoms with Gasteiger partial charge in [-0.05, 0) is 49.4 Å². The number of hydrogen-bond acceptors (Lipinski definition) is 5. The largest absolute Gasteiger partial charge is 0.479 e. The molecule has 0 spiro atoms. The van der Waals surface area contributed by atoms with E-state index in [1.165, 1.54) is 10.7 Å². The maximum absolute atomic E-state index is 5.52. The first-order chi connectivity index (χ1) is 15.8. The number of nitrogens with zero attached hydrogens (tertiary/aromatic N) is 3. The SMILES string of the molecule is CC.CCc1nc(CCC/C=C/c2cccc(-c3nc4ccccc4nc3OC)c2)cs1. The predicted molar refractivity (Wildman–Crippen MR) is 136 cm³/mol. The van der Waals surface area contributed by atoms with Crippen LogP contribution in [-0.4, -0.2) is 22.1 Å². The van der Waals surface area contributed by atoms with Gasteiger partial charge in [-0.3, -0.25) is 0 Å². The minimum atomic E-state index is 0.546. The summed E-state index contributed by atoms with van der Waals surface area (Å²) in [5, 5.41) is 3.41. The molecule has 0 aliphatic carbocycles. The number of para-hydroxylation sites is 2. The number of ether oxygens (including phenoxy) is 1. The van der Waals surface area contributed by atoms with Crippen molar-refractivity contribution in [2.75, 3.05) is 7.11 Å². The molecule has 5 heteroatoms. The van der Waals surface area contributed by atoms with Crippen molar-refractivity contribution >= 4 is 28.4 Å². The molecule has 0 unspecified atom stereocenters. The van der Waals surface area contributed by atoms with Crippen molar-refractivity contribution in [2.45, 2.75) is 46.5 Å². The van der Waals surface area contributed by atoms with Crippen molar-refractivity contribution in [2.24, 2.45) is 0 Å². The van der Waals surface area contributed by atoms with Crippen molar-refractivity contribution in [3.05, 3.63) is 76.3 Å². The van der Waals surface area contributed by atoms with E-state index in [9.17, 15) is 0 Å². The summed E-state index contributed by atoms with van der Waals surface area (Å²) >= 11 is 1.76. The summed E-state index contributed by atoms with van der Waals surface area (Å²) in [6, 6.07) is 16.2. The smallest absolute Gasteiger partial charge is 0.240 e. The molecule has 4 aromatic rings. The number of aromatic nitrogens is 3. The van der Waals surface area contributed by atoms with Crippen LogP contribution < -0.4 is 4.74 Å². The molecule has 0 aliphatic rings. The van der Waals surface area contributed by atoms with Gasteiger partial charge in [-0.15, -0.1) is 11.3 Å². The van der Waals surface area contributed by atoms with Crippen LogP contribution in [0.4, 0.5) is 0 Å². The molecular formula is C27H31N3OS. The molecule has 0 amide bonds. The third-order valence-electron chi connectivity index (χ3n) is 4.91. The molecule has 0 radical (unpaired) electrons. The average Bonchev–Trinajstić information content (AvgIpc) is 3.32. The summed E-state index contributed by atoms with van der Waals surface area (Å²) < 4.78 is 5.52. The van der Waals surface area contributed by atoms with E-state index in [0.717, 1.165) is 53.5 Å². The summed E-state index contributed by atoms with van der Waals surface area (Å²) in [6.07, 6.45) is 8.59. The second-order valence-electron chi connectivity index (χ2n) is 7.08. The van der Waals surface area contributed by atoms with Crippen LogP contribution in [0.2, 0.25) is 0 Å².